The summed E-state index contributed by atoms with van der Waals surface area (Å²) in [5, 5.41) is 8.41. The maximum Gasteiger partial charge on any atom is 0.431 e. The normalized spacial score (nSPS) is 11.8. The van der Waals surface area contributed by atoms with E-state index in [-0.39, 0.29) is 32.3 Å². The van der Waals surface area contributed by atoms with Crippen LogP contribution in [0.3, 0.4) is 0 Å². The van der Waals surface area contributed by atoms with Gasteiger partial charge in [0.05, 0.1) is 23.1 Å². The minimum atomic E-state index is -4.96. The Labute approximate surface area is 178 Å². The third-order valence-electron chi connectivity index (χ3n) is 3.78. The summed E-state index contributed by atoms with van der Waals surface area (Å²) in [5.41, 5.74) is -5.14. The minimum absolute atomic E-state index is 0.0340. The number of carbonyl (C=O) groups is 1. The number of halogens is 4. The van der Waals surface area contributed by atoms with Gasteiger partial charge < -0.3 is 9.53 Å². The summed E-state index contributed by atoms with van der Waals surface area (Å²) < 4.78 is 58.7. The molecule has 7 nitrogen and oxygen atoms in total. The molecule has 2 rings (SSSR count). The molecule has 1 unspecified atom stereocenters. The number of alkyl halides is 3. The van der Waals surface area contributed by atoms with Crippen molar-refractivity contribution in [3.05, 3.63) is 56.1 Å². The first-order chi connectivity index (χ1) is 14.5. The largest absolute Gasteiger partial charge is 0.431 e. The first-order valence-corrected chi connectivity index (χ1v) is 9.68. The molecule has 0 N–H and O–H groups in total. The van der Waals surface area contributed by atoms with Crippen molar-refractivity contribution < 1.29 is 27.1 Å². The van der Waals surface area contributed by atoms with Gasteiger partial charge >= 0.3 is 11.9 Å². The fourth-order valence-corrected chi connectivity index (χ4v) is 3.44. The number of carbonyl (C=O) groups excluding carboxylic acids is 1. The number of methoxy groups -OCH3 is 1. The van der Waals surface area contributed by atoms with Gasteiger partial charge in [-0.25, -0.2) is 13.8 Å². The second-order valence-corrected chi connectivity index (χ2v) is 6.98. The van der Waals surface area contributed by atoms with E-state index < -0.39 is 39.9 Å². The number of thioether (sulfide) groups is 1. The van der Waals surface area contributed by atoms with E-state index in [1.807, 2.05) is 13.8 Å². The van der Waals surface area contributed by atoms with E-state index in [1.165, 1.54) is 7.11 Å². The van der Waals surface area contributed by atoms with Crippen LogP contribution in [0, 0.1) is 17.1 Å². The SMILES string of the molecule is CC.COCC(C=O)Sc1cc(-n2c(=O)cc(C(F)(F)F)n(C)c2=O)c(F)cc1C#N. The quantitative estimate of drug-likeness (QED) is 0.373. The molecule has 0 amide bonds. The lowest BCUT2D eigenvalue weighted by Crippen LogP contribution is -2.41. The Balaban J connectivity index is 0.00000233. The van der Waals surface area contributed by atoms with Crippen molar-refractivity contribution in [2.75, 3.05) is 13.7 Å². The minimum Gasteiger partial charge on any atom is -0.383 e. The Bertz CT molecular complexity index is 1100. The summed E-state index contributed by atoms with van der Waals surface area (Å²) in [4.78, 5) is 35.7. The molecule has 0 spiro atoms. The Hall–Kier alpha value is -2.91. The summed E-state index contributed by atoms with van der Waals surface area (Å²) in [7, 11) is 2.13. The van der Waals surface area contributed by atoms with Gasteiger partial charge in [-0.2, -0.15) is 18.4 Å². The van der Waals surface area contributed by atoms with Crippen LogP contribution in [-0.2, 0) is 22.8 Å². The van der Waals surface area contributed by atoms with Gasteiger partial charge in [0.25, 0.3) is 5.56 Å². The predicted octanol–water partition coefficient (Wildman–Crippen LogP) is 2.90. The number of nitriles is 1. The highest BCUT2D eigenvalue weighted by Gasteiger charge is 2.35. The van der Waals surface area contributed by atoms with Crippen molar-refractivity contribution in [3.63, 3.8) is 0 Å². The molecule has 0 saturated heterocycles. The molecule has 1 aromatic heterocycles. The lowest BCUT2D eigenvalue weighted by molar-refractivity contribution is -0.144. The second kappa shape index (κ2) is 10.9. The average Bonchev–Trinajstić information content (AvgIpc) is 2.72. The zero-order chi connectivity index (χ0) is 23.9. The first-order valence-electron chi connectivity index (χ1n) is 8.80. The van der Waals surface area contributed by atoms with E-state index in [1.54, 1.807) is 6.07 Å². The van der Waals surface area contributed by atoms with Crippen LogP contribution in [0.5, 0.6) is 0 Å². The lowest BCUT2D eigenvalue weighted by Gasteiger charge is -2.16. The van der Waals surface area contributed by atoms with Gasteiger partial charge in [-0.15, -0.1) is 11.8 Å². The highest BCUT2D eigenvalue weighted by molar-refractivity contribution is 8.00. The van der Waals surface area contributed by atoms with Gasteiger partial charge in [-0.3, -0.25) is 9.36 Å². The predicted molar refractivity (Wildman–Crippen MR) is 106 cm³/mol. The monoisotopic (exact) mass is 461 g/mol. The Morgan fingerprint density at radius 1 is 1.26 bits per heavy atom. The molecule has 2 aromatic rings. The van der Waals surface area contributed by atoms with E-state index in [9.17, 15) is 37.2 Å². The number of ether oxygens (including phenoxy) is 1. The van der Waals surface area contributed by atoms with Crippen LogP contribution in [0.15, 0.2) is 32.7 Å². The molecular formula is C19H19F4N3O4S. The van der Waals surface area contributed by atoms with Gasteiger partial charge in [-0.1, -0.05) is 13.8 Å². The van der Waals surface area contributed by atoms with Crippen LogP contribution in [0.25, 0.3) is 5.69 Å². The summed E-state index contributed by atoms with van der Waals surface area (Å²) in [5.74, 6) is -1.17. The van der Waals surface area contributed by atoms with Crippen molar-refractivity contribution >= 4 is 18.0 Å². The summed E-state index contributed by atoms with van der Waals surface area (Å²) in [6, 6.07) is 3.58. The van der Waals surface area contributed by atoms with E-state index in [2.05, 4.69) is 0 Å². The first kappa shape index (κ1) is 26.1. The van der Waals surface area contributed by atoms with Crippen LogP contribution in [0.1, 0.15) is 25.1 Å². The van der Waals surface area contributed by atoms with Crippen molar-refractivity contribution in [3.8, 4) is 11.8 Å². The molecule has 31 heavy (non-hydrogen) atoms. The fraction of sp³-hybridized carbons (Fsp3) is 0.368. The number of aromatic nitrogens is 2. The highest BCUT2D eigenvalue weighted by atomic mass is 32.2. The average molecular weight is 461 g/mol. The van der Waals surface area contributed by atoms with Crippen LogP contribution in [0.2, 0.25) is 0 Å². The van der Waals surface area contributed by atoms with E-state index in [0.29, 0.717) is 6.29 Å². The summed E-state index contributed by atoms with van der Waals surface area (Å²) >= 11 is 0.819. The van der Waals surface area contributed by atoms with Crippen LogP contribution < -0.4 is 11.2 Å². The number of nitrogens with zero attached hydrogens (tertiary/aromatic N) is 3. The van der Waals surface area contributed by atoms with Gasteiger partial charge in [-0.05, 0) is 12.1 Å². The third kappa shape index (κ3) is 5.83. The molecule has 0 fully saturated rings. The van der Waals surface area contributed by atoms with Gasteiger partial charge in [0, 0.05) is 25.1 Å². The maximum atomic E-state index is 14.5. The number of benzene rings is 1. The number of aldehydes is 1. The van der Waals surface area contributed by atoms with Crippen molar-refractivity contribution in [1.82, 2.24) is 9.13 Å². The Morgan fingerprint density at radius 3 is 2.35 bits per heavy atom. The summed E-state index contributed by atoms with van der Waals surface area (Å²) in [6.07, 6.45) is -4.44. The molecule has 0 radical (unpaired) electrons. The van der Waals surface area contributed by atoms with Gasteiger partial charge in [0.15, 0.2) is 0 Å². The molecule has 168 valence electrons. The molecule has 12 heteroatoms. The van der Waals surface area contributed by atoms with Crippen LogP contribution in [-0.4, -0.2) is 34.4 Å². The van der Waals surface area contributed by atoms with Gasteiger partial charge in [0.2, 0.25) is 0 Å². The standard InChI is InChI=1S/C17H13F4N3O4S.C2H6/c1-23-14(17(19,20)21)5-15(26)24(16(23)27)12-4-13(9(6-22)3-11(12)18)29-10(7-25)8-28-2;1-2/h3-5,7,10H,8H2,1-2H3;1-2H3. The zero-order valence-electron chi connectivity index (χ0n) is 17.0. The van der Waals surface area contributed by atoms with E-state index in [4.69, 9.17) is 4.74 Å². The van der Waals surface area contributed by atoms with Crippen LogP contribution >= 0.6 is 11.8 Å². The van der Waals surface area contributed by atoms with Crippen molar-refractivity contribution in [2.24, 2.45) is 7.05 Å². The van der Waals surface area contributed by atoms with Crippen molar-refractivity contribution in [2.45, 2.75) is 30.2 Å². The molecule has 0 bridgehead atoms. The smallest absolute Gasteiger partial charge is 0.383 e. The Kier molecular flexibility index (Phi) is 9.20. The van der Waals surface area contributed by atoms with Crippen LogP contribution in [0.4, 0.5) is 17.6 Å². The molecule has 0 aliphatic rings. The Morgan fingerprint density at radius 2 is 1.87 bits per heavy atom. The van der Waals surface area contributed by atoms with E-state index in [0.717, 1.165) is 30.9 Å². The topological polar surface area (TPSA) is 94.1 Å². The number of rotatable bonds is 6. The maximum absolute atomic E-state index is 14.5. The number of hydrogen-bond acceptors (Lipinski definition) is 6. The second-order valence-electron chi connectivity index (χ2n) is 5.70. The molecule has 0 aliphatic carbocycles. The summed E-state index contributed by atoms with van der Waals surface area (Å²) in [6.45, 7) is 3.97. The molecule has 1 aromatic carbocycles. The number of hydrogen-bond donors (Lipinski definition) is 0. The van der Waals surface area contributed by atoms with Gasteiger partial charge in [0.1, 0.15) is 23.9 Å². The van der Waals surface area contributed by atoms with E-state index >= 15 is 0 Å². The molecule has 0 saturated carbocycles. The molecular weight excluding hydrogens is 442 g/mol. The lowest BCUT2D eigenvalue weighted by atomic mass is 10.2. The highest BCUT2D eigenvalue weighted by Crippen LogP contribution is 2.30. The molecule has 1 heterocycles. The fourth-order valence-electron chi connectivity index (χ4n) is 2.45. The zero-order valence-corrected chi connectivity index (χ0v) is 17.8. The molecule has 0 aliphatic heterocycles. The molecule has 1 atom stereocenters. The van der Waals surface area contributed by atoms with Crippen molar-refractivity contribution in [1.29, 1.82) is 5.26 Å². The third-order valence-corrected chi connectivity index (χ3v) is 4.92.